The molecule has 1 fully saturated rings. The number of nitrogens with zero attached hydrogens (tertiary/aromatic N) is 2. The summed E-state index contributed by atoms with van der Waals surface area (Å²) in [5.41, 5.74) is 0.966. The highest BCUT2D eigenvalue weighted by molar-refractivity contribution is 6.46. The summed E-state index contributed by atoms with van der Waals surface area (Å²) < 4.78 is 16.3. The molecule has 8 heteroatoms. The van der Waals surface area contributed by atoms with Crippen LogP contribution in [0.3, 0.4) is 0 Å². The van der Waals surface area contributed by atoms with Gasteiger partial charge in [-0.1, -0.05) is 26.0 Å². The summed E-state index contributed by atoms with van der Waals surface area (Å²) in [7, 11) is 4.60. The molecule has 1 amide bonds. The minimum atomic E-state index is -0.831. The Balaban J connectivity index is 2.14. The second-order valence-electron chi connectivity index (χ2n) is 8.21. The Kier molecular flexibility index (Phi) is 8.76. The van der Waals surface area contributed by atoms with Gasteiger partial charge in [0.05, 0.1) is 32.9 Å². The zero-order valence-electron chi connectivity index (χ0n) is 21.0. The van der Waals surface area contributed by atoms with E-state index in [2.05, 4.69) is 18.7 Å². The maximum atomic E-state index is 13.3. The van der Waals surface area contributed by atoms with Crippen LogP contribution in [0.4, 0.5) is 0 Å². The summed E-state index contributed by atoms with van der Waals surface area (Å²) in [5.74, 6) is -0.0767. The molecule has 1 saturated heterocycles. The third kappa shape index (κ3) is 5.43. The van der Waals surface area contributed by atoms with Crippen molar-refractivity contribution in [3.05, 3.63) is 59.2 Å². The summed E-state index contributed by atoms with van der Waals surface area (Å²) in [6.07, 6.45) is 0.677. The van der Waals surface area contributed by atoms with Crippen LogP contribution in [0.15, 0.2) is 48.0 Å². The van der Waals surface area contributed by atoms with E-state index in [9.17, 15) is 14.7 Å². The molecule has 2 aromatic carbocycles. The van der Waals surface area contributed by atoms with Crippen molar-refractivity contribution < 1.29 is 28.9 Å². The highest BCUT2D eigenvalue weighted by Gasteiger charge is 2.47. The summed E-state index contributed by atoms with van der Waals surface area (Å²) in [6, 6.07) is 11.1. The number of ether oxygens (including phenoxy) is 3. The van der Waals surface area contributed by atoms with Crippen LogP contribution in [0.2, 0.25) is 0 Å². The Hall–Kier alpha value is -3.52. The Morgan fingerprint density at radius 2 is 1.66 bits per heavy atom. The van der Waals surface area contributed by atoms with Gasteiger partial charge in [0.1, 0.15) is 23.0 Å². The zero-order chi connectivity index (χ0) is 25.5. The number of carbonyl (C=O) groups excluding carboxylic acids is 2. The average Bonchev–Trinajstić information content (AvgIpc) is 3.15. The van der Waals surface area contributed by atoms with Crippen LogP contribution < -0.4 is 14.2 Å². The van der Waals surface area contributed by atoms with Crippen molar-refractivity contribution in [3.63, 3.8) is 0 Å². The van der Waals surface area contributed by atoms with Gasteiger partial charge in [0.15, 0.2) is 0 Å². The molecule has 0 spiro atoms. The van der Waals surface area contributed by atoms with Gasteiger partial charge >= 0.3 is 0 Å². The average molecular weight is 483 g/mol. The number of rotatable bonds is 11. The van der Waals surface area contributed by atoms with E-state index in [-0.39, 0.29) is 11.3 Å². The second-order valence-corrected chi connectivity index (χ2v) is 8.21. The third-order valence-corrected chi connectivity index (χ3v) is 6.38. The molecule has 0 aromatic heterocycles. The number of likely N-dealkylation sites (tertiary alicyclic amines) is 1. The molecule has 2 aromatic rings. The minimum absolute atomic E-state index is 0.0117. The standard InChI is InChI=1S/C27H34N2O6/c1-6-28(7-2)14-9-15-29-24(21-17-20(34-4)12-13-22(21)35-5)23(26(31)27(29)32)25(30)18-10-8-11-19(16-18)33-3/h8,10-13,16-17,24,30H,6-7,9,14-15H2,1-5H3/b25-23+/t24-/m0/s1. The maximum Gasteiger partial charge on any atom is 0.295 e. The lowest BCUT2D eigenvalue weighted by atomic mass is 9.94. The van der Waals surface area contributed by atoms with Gasteiger partial charge in [0.2, 0.25) is 0 Å². The number of aliphatic hydroxyl groups is 1. The molecule has 0 aliphatic carbocycles. The lowest BCUT2D eigenvalue weighted by molar-refractivity contribution is -0.140. The SMILES string of the molecule is CCN(CC)CCCN1C(=O)C(=O)/C(=C(/O)c2cccc(OC)c2)[C@@H]1c1cc(OC)ccc1OC. The van der Waals surface area contributed by atoms with Crippen molar-refractivity contribution >= 4 is 17.4 Å². The molecule has 0 unspecified atom stereocenters. The van der Waals surface area contributed by atoms with Gasteiger partial charge in [-0.3, -0.25) is 9.59 Å². The lowest BCUT2D eigenvalue weighted by Gasteiger charge is -2.28. The van der Waals surface area contributed by atoms with Crippen LogP contribution >= 0.6 is 0 Å². The van der Waals surface area contributed by atoms with E-state index in [1.165, 1.54) is 19.1 Å². The van der Waals surface area contributed by atoms with Gasteiger partial charge < -0.3 is 29.1 Å². The number of ketones is 1. The predicted octanol–water partition coefficient (Wildman–Crippen LogP) is 3.87. The number of aliphatic hydroxyl groups excluding tert-OH is 1. The molecule has 35 heavy (non-hydrogen) atoms. The molecule has 1 heterocycles. The first-order valence-electron chi connectivity index (χ1n) is 11.8. The number of benzene rings is 2. The minimum Gasteiger partial charge on any atom is -0.507 e. The van der Waals surface area contributed by atoms with Crippen LogP contribution in [0.1, 0.15) is 37.4 Å². The lowest BCUT2D eigenvalue weighted by Crippen LogP contribution is -2.33. The van der Waals surface area contributed by atoms with Gasteiger partial charge in [-0.25, -0.2) is 0 Å². The third-order valence-electron chi connectivity index (χ3n) is 6.38. The molecule has 1 aliphatic heterocycles. The van der Waals surface area contributed by atoms with E-state index in [1.54, 1.807) is 49.6 Å². The highest BCUT2D eigenvalue weighted by atomic mass is 16.5. The van der Waals surface area contributed by atoms with Gasteiger partial charge in [-0.2, -0.15) is 0 Å². The molecule has 8 nitrogen and oxygen atoms in total. The Morgan fingerprint density at radius 3 is 2.29 bits per heavy atom. The smallest absolute Gasteiger partial charge is 0.295 e. The maximum absolute atomic E-state index is 13.3. The van der Waals surface area contributed by atoms with E-state index in [0.717, 1.165) is 19.6 Å². The molecule has 1 atom stereocenters. The van der Waals surface area contributed by atoms with Crippen LogP contribution in [0.25, 0.3) is 5.76 Å². The molecular weight excluding hydrogens is 448 g/mol. The monoisotopic (exact) mass is 482 g/mol. The van der Waals surface area contributed by atoms with Crippen molar-refractivity contribution in [1.82, 2.24) is 9.80 Å². The molecule has 1 aliphatic rings. The van der Waals surface area contributed by atoms with E-state index in [4.69, 9.17) is 14.2 Å². The second kappa shape index (κ2) is 11.8. The first kappa shape index (κ1) is 26.1. The van der Waals surface area contributed by atoms with E-state index >= 15 is 0 Å². The predicted molar refractivity (Wildman–Crippen MR) is 134 cm³/mol. The fourth-order valence-electron chi connectivity index (χ4n) is 4.42. The van der Waals surface area contributed by atoms with Crippen molar-refractivity contribution in [2.45, 2.75) is 26.3 Å². The molecule has 0 saturated carbocycles. The van der Waals surface area contributed by atoms with Gasteiger partial charge in [0.25, 0.3) is 11.7 Å². The normalized spacial score (nSPS) is 17.2. The Morgan fingerprint density at radius 1 is 0.971 bits per heavy atom. The molecular formula is C27H34N2O6. The summed E-state index contributed by atoms with van der Waals surface area (Å²) in [5, 5.41) is 11.3. The number of hydrogen-bond donors (Lipinski definition) is 1. The van der Waals surface area contributed by atoms with Crippen LogP contribution in [-0.2, 0) is 9.59 Å². The van der Waals surface area contributed by atoms with E-state index < -0.39 is 17.7 Å². The fraction of sp³-hybridized carbons (Fsp3) is 0.407. The van der Waals surface area contributed by atoms with E-state index in [0.29, 0.717) is 41.3 Å². The van der Waals surface area contributed by atoms with Crippen molar-refractivity contribution in [1.29, 1.82) is 0 Å². The number of Topliss-reactive ketones (excluding diaryl/α,β-unsaturated/α-hetero) is 1. The first-order valence-corrected chi connectivity index (χ1v) is 11.8. The van der Waals surface area contributed by atoms with Crippen LogP contribution in [0, 0.1) is 0 Å². The molecule has 0 radical (unpaired) electrons. The van der Waals surface area contributed by atoms with Crippen molar-refractivity contribution in [3.8, 4) is 17.2 Å². The van der Waals surface area contributed by atoms with Gasteiger partial charge in [-0.15, -0.1) is 0 Å². The molecule has 0 bridgehead atoms. The fourth-order valence-corrected chi connectivity index (χ4v) is 4.42. The van der Waals surface area contributed by atoms with Crippen LogP contribution in [-0.4, -0.2) is 74.1 Å². The van der Waals surface area contributed by atoms with Crippen molar-refractivity contribution in [2.75, 3.05) is 47.5 Å². The number of amides is 1. The number of methoxy groups -OCH3 is 3. The Labute approximate surface area is 206 Å². The molecule has 188 valence electrons. The molecule has 1 N–H and O–H groups in total. The number of hydrogen-bond acceptors (Lipinski definition) is 7. The quantitative estimate of drug-likeness (QED) is 0.296. The topological polar surface area (TPSA) is 88.5 Å². The van der Waals surface area contributed by atoms with Crippen molar-refractivity contribution in [2.24, 2.45) is 0 Å². The van der Waals surface area contributed by atoms with E-state index in [1.807, 2.05) is 0 Å². The summed E-state index contributed by atoms with van der Waals surface area (Å²) >= 11 is 0. The summed E-state index contributed by atoms with van der Waals surface area (Å²) in [4.78, 5) is 30.3. The molecule has 3 rings (SSSR count). The van der Waals surface area contributed by atoms with Gasteiger partial charge in [0, 0.05) is 17.7 Å². The van der Waals surface area contributed by atoms with Crippen LogP contribution in [0.5, 0.6) is 17.2 Å². The Bertz CT molecular complexity index is 1090. The largest absolute Gasteiger partial charge is 0.507 e. The number of carbonyl (C=O) groups is 2. The van der Waals surface area contributed by atoms with Gasteiger partial charge in [-0.05, 0) is 56.4 Å². The highest BCUT2D eigenvalue weighted by Crippen LogP contribution is 2.44. The zero-order valence-corrected chi connectivity index (χ0v) is 21.0. The first-order chi connectivity index (χ1) is 16.9. The summed E-state index contributed by atoms with van der Waals surface area (Å²) in [6.45, 7) is 7.11.